The van der Waals surface area contributed by atoms with Gasteiger partial charge in [-0.3, -0.25) is 0 Å². The maximum atomic E-state index is 4.35. The molecule has 0 fully saturated rings. The molecule has 0 aliphatic carbocycles. The Morgan fingerprint density at radius 3 is 1.63 bits per heavy atom. The van der Waals surface area contributed by atoms with Gasteiger partial charge in [-0.05, 0) is 27.8 Å². The standard InChI is InChI=1S/C20H24N2Si.C14H13B/c1-2-3-16-23-20(22-15-14-21-17-22,18-10-6-4-7-11-18)19-12-8-5-9-13-19;15-11-14(12-7-3-1-4-8-12)13-9-5-2-6-10-13/h4-15,17H,2-3,16,23H2,1H3;1-11H,15H2. The largest absolute Gasteiger partial charge is 0.327 e. The molecule has 2 nitrogen and oxygen atoms in total. The van der Waals surface area contributed by atoms with Gasteiger partial charge in [0.1, 0.15) is 7.85 Å². The summed E-state index contributed by atoms with van der Waals surface area (Å²) in [5, 5.41) is -0.0474. The zero-order chi connectivity index (χ0) is 26.5. The molecule has 0 spiro atoms. The molecule has 38 heavy (non-hydrogen) atoms. The van der Waals surface area contributed by atoms with Crippen LogP contribution in [0.15, 0.2) is 146 Å². The van der Waals surface area contributed by atoms with Gasteiger partial charge in [0.2, 0.25) is 0 Å². The van der Waals surface area contributed by atoms with Crippen LogP contribution in [0.25, 0.3) is 5.57 Å². The summed E-state index contributed by atoms with van der Waals surface area (Å²) >= 11 is 0. The first-order chi connectivity index (χ1) is 18.8. The van der Waals surface area contributed by atoms with Gasteiger partial charge in [0.05, 0.1) is 21.0 Å². The van der Waals surface area contributed by atoms with Crippen LogP contribution in [0.5, 0.6) is 0 Å². The van der Waals surface area contributed by atoms with Gasteiger partial charge < -0.3 is 4.57 Å². The minimum atomic E-state index is -0.435. The van der Waals surface area contributed by atoms with E-state index in [1.165, 1.54) is 46.7 Å². The van der Waals surface area contributed by atoms with Gasteiger partial charge in [0, 0.05) is 12.4 Å². The second kappa shape index (κ2) is 14.2. The Labute approximate surface area is 231 Å². The number of benzene rings is 4. The van der Waals surface area contributed by atoms with Gasteiger partial charge in [-0.1, -0.05) is 147 Å². The Balaban J connectivity index is 0.000000194. The predicted molar refractivity (Wildman–Crippen MR) is 168 cm³/mol. The van der Waals surface area contributed by atoms with Crippen molar-refractivity contribution in [2.45, 2.75) is 31.0 Å². The molecule has 190 valence electrons. The van der Waals surface area contributed by atoms with E-state index >= 15 is 0 Å². The summed E-state index contributed by atoms with van der Waals surface area (Å²) in [6.45, 7) is 2.28. The van der Waals surface area contributed by atoms with Crippen LogP contribution in [-0.4, -0.2) is 26.9 Å². The van der Waals surface area contributed by atoms with Gasteiger partial charge >= 0.3 is 0 Å². The van der Waals surface area contributed by atoms with Crippen LogP contribution in [-0.2, 0) is 5.16 Å². The monoisotopic (exact) mass is 512 g/mol. The van der Waals surface area contributed by atoms with Crippen LogP contribution < -0.4 is 0 Å². The molecule has 0 amide bonds. The van der Waals surface area contributed by atoms with E-state index in [0.29, 0.717) is 0 Å². The Morgan fingerprint density at radius 2 is 1.24 bits per heavy atom. The van der Waals surface area contributed by atoms with Gasteiger partial charge in [-0.15, -0.1) is 5.98 Å². The van der Waals surface area contributed by atoms with E-state index in [1.807, 2.05) is 24.7 Å². The molecule has 0 aliphatic rings. The van der Waals surface area contributed by atoms with Crippen LogP contribution in [0, 0.1) is 0 Å². The number of hydrogen-bond donors (Lipinski definition) is 0. The summed E-state index contributed by atoms with van der Waals surface area (Å²) in [5.74, 6) is 2.16. The molecular weight excluding hydrogens is 475 g/mol. The summed E-state index contributed by atoms with van der Waals surface area (Å²) in [4.78, 5) is 4.35. The molecule has 0 N–H and O–H groups in total. The summed E-state index contributed by atoms with van der Waals surface area (Å²) < 4.78 is 2.33. The molecule has 1 aromatic heterocycles. The lowest BCUT2D eigenvalue weighted by Crippen LogP contribution is -2.41. The van der Waals surface area contributed by atoms with E-state index in [0.717, 1.165) is 0 Å². The molecule has 0 atom stereocenters. The molecule has 0 radical (unpaired) electrons. The fourth-order valence-electron chi connectivity index (χ4n) is 5.16. The third-order valence-corrected chi connectivity index (χ3v) is 9.81. The van der Waals surface area contributed by atoms with E-state index in [-0.39, 0.29) is 5.16 Å². The van der Waals surface area contributed by atoms with Crippen molar-refractivity contribution in [2.24, 2.45) is 0 Å². The quantitative estimate of drug-likeness (QED) is 0.158. The van der Waals surface area contributed by atoms with E-state index in [9.17, 15) is 0 Å². The first-order valence-corrected chi connectivity index (χ1v) is 15.4. The summed E-state index contributed by atoms with van der Waals surface area (Å²) in [6, 6.07) is 44.1. The Hall–Kier alpha value is -3.89. The zero-order valence-corrected chi connectivity index (χ0v) is 24.0. The van der Waals surface area contributed by atoms with Crippen molar-refractivity contribution in [3.8, 4) is 0 Å². The van der Waals surface area contributed by atoms with Crippen molar-refractivity contribution in [3.63, 3.8) is 0 Å². The van der Waals surface area contributed by atoms with Crippen LogP contribution in [0.1, 0.15) is 42.0 Å². The van der Waals surface area contributed by atoms with Crippen molar-refractivity contribution in [1.29, 1.82) is 0 Å². The fraction of sp³-hybridized carbons (Fsp3) is 0.147. The molecule has 4 aromatic carbocycles. The fourth-order valence-corrected chi connectivity index (χ4v) is 7.92. The normalized spacial score (nSPS) is 11.1. The zero-order valence-electron chi connectivity index (χ0n) is 22.6. The van der Waals surface area contributed by atoms with Crippen molar-refractivity contribution < 1.29 is 0 Å². The third-order valence-electron chi connectivity index (χ3n) is 7.05. The van der Waals surface area contributed by atoms with Crippen molar-refractivity contribution in [2.75, 3.05) is 0 Å². The summed E-state index contributed by atoms with van der Waals surface area (Å²) in [5.41, 5.74) is 6.59. The number of imidazole rings is 1. The topological polar surface area (TPSA) is 17.8 Å². The highest BCUT2D eigenvalue weighted by molar-refractivity contribution is 6.41. The second-order valence-corrected chi connectivity index (χ2v) is 11.7. The van der Waals surface area contributed by atoms with Crippen LogP contribution in [0.4, 0.5) is 0 Å². The van der Waals surface area contributed by atoms with E-state index in [2.05, 4.69) is 146 Å². The summed E-state index contributed by atoms with van der Waals surface area (Å²) in [7, 11) is 1.64. The van der Waals surface area contributed by atoms with Gasteiger partial charge in [-0.25, -0.2) is 4.98 Å². The second-order valence-electron chi connectivity index (χ2n) is 9.45. The Morgan fingerprint density at radius 1 is 0.763 bits per heavy atom. The molecule has 1 heterocycles. The number of unbranched alkanes of at least 4 members (excludes halogenated alkanes) is 1. The lowest BCUT2D eigenvalue weighted by Gasteiger charge is -2.37. The highest BCUT2D eigenvalue weighted by Gasteiger charge is 2.35. The van der Waals surface area contributed by atoms with Gasteiger partial charge in [0.25, 0.3) is 0 Å². The Kier molecular flexibility index (Phi) is 10.1. The SMILES string of the molecule is BC=C(c1ccccc1)c1ccccc1.CCCC[SiH2]C(c1ccccc1)(c1ccccc1)n1ccnc1. The predicted octanol–water partition coefficient (Wildman–Crippen LogP) is 6.73. The molecule has 0 unspecified atom stereocenters. The highest BCUT2D eigenvalue weighted by atomic mass is 28.2. The number of rotatable bonds is 9. The maximum Gasteiger partial charge on any atom is 0.130 e. The average Bonchev–Trinajstić information content (AvgIpc) is 3.54. The Bertz CT molecular complexity index is 1270. The van der Waals surface area contributed by atoms with Crippen LogP contribution in [0.3, 0.4) is 0 Å². The van der Waals surface area contributed by atoms with Crippen molar-refractivity contribution in [3.05, 3.63) is 168 Å². The molecule has 0 bridgehead atoms. The van der Waals surface area contributed by atoms with E-state index in [1.54, 1.807) is 0 Å². The smallest absolute Gasteiger partial charge is 0.130 e. The molecular formula is C34H37BN2Si. The molecule has 0 saturated heterocycles. The lowest BCUT2D eigenvalue weighted by atomic mass is 9.92. The minimum absolute atomic E-state index is 0.0474. The average molecular weight is 513 g/mol. The molecule has 0 aliphatic heterocycles. The first kappa shape index (κ1) is 27.2. The lowest BCUT2D eigenvalue weighted by molar-refractivity contribution is 0.588. The van der Waals surface area contributed by atoms with Crippen molar-refractivity contribution in [1.82, 2.24) is 9.55 Å². The van der Waals surface area contributed by atoms with E-state index < -0.39 is 9.52 Å². The summed E-state index contributed by atoms with van der Waals surface area (Å²) in [6.07, 6.45) is 8.58. The third kappa shape index (κ3) is 6.51. The van der Waals surface area contributed by atoms with Crippen molar-refractivity contribution >= 4 is 22.9 Å². The maximum absolute atomic E-state index is 4.35. The number of nitrogens with zero attached hydrogens (tertiary/aromatic N) is 2. The number of aromatic nitrogens is 2. The molecule has 0 saturated carbocycles. The molecule has 5 rings (SSSR count). The highest BCUT2D eigenvalue weighted by Crippen LogP contribution is 2.34. The van der Waals surface area contributed by atoms with Gasteiger partial charge in [-0.2, -0.15) is 0 Å². The first-order valence-electron chi connectivity index (χ1n) is 13.7. The van der Waals surface area contributed by atoms with Gasteiger partial charge in [0.15, 0.2) is 0 Å². The van der Waals surface area contributed by atoms with Crippen LogP contribution in [0.2, 0.25) is 6.04 Å². The number of hydrogen-bond acceptors (Lipinski definition) is 1. The molecule has 5 aromatic rings. The van der Waals surface area contributed by atoms with E-state index in [4.69, 9.17) is 0 Å². The molecule has 4 heteroatoms. The van der Waals surface area contributed by atoms with Crippen LogP contribution >= 0.6 is 0 Å². The minimum Gasteiger partial charge on any atom is -0.327 e.